The summed E-state index contributed by atoms with van der Waals surface area (Å²) < 4.78 is 10.6. The first-order valence-electron chi connectivity index (χ1n) is 5.23. The molecule has 0 bridgehead atoms. The van der Waals surface area contributed by atoms with Gasteiger partial charge in [-0.25, -0.2) is 0 Å². The molecule has 0 aromatic heterocycles. The molecule has 0 aliphatic heterocycles. The summed E-state index contributed by atoms with van der Waals surface area (Å²) in [7, 11) is 1.64. The molecule has 16 heavy (non-hydrogen) atoms. The second-order valence-electron chi connectivity index (χ2n) is 3.73. The SMILES string of the molecule is COc1ccc(COC2C=CC(=O)C2)cc1. The molecule has 0 radical (unpaired) electrons. The maximum atomic E-state index is 11.0. The number of ether oxygens (including phenoxy) is 2. The summed E-state index contributed by atoms with van der Waals surface area (Å²) in [5, 5.41) is 0. The van der Waals surface area contributed by atoms with Crippen LogP contribution in [0, 0.1) is 0 Å². The third kappa shape index (κ3) is 2.70. The zero-order valence-electron chi connectivity index (χ0n) is 9.18. The molecule has 2 rings (SSSR count). The van der Waals surface area contributed by atoms with E-state index in [4.69, 9.17) is 9.47 Å². The first-order valence-corrected chi connectivity index (χ1v) is 5.23. The smallest absolute Gasteiger partial charge is 0.158 e. The molecule has 1 aliphatic carbocycles. The molecular weight excluding hydrogens is 204 g/mol. The summed E-state index contributed by atoms with van der Waals surface area (Å²) in [6.07, 6.45) is 3.80. The van der Waals surface area contributed by atoms with Gasteiger partial charge in [0.2, 0.25) is 0 Å². The van der Waals surface area contributed by atoms with Crippen molar-refractivity contribution in [2.24, 2.45) is 0 Å². The van der Waals surface area contributed by atoms with Crippen LogP contribution in [0.25, 0.3) is 0 Å². The largest absolute Gasteiger partial charge is 0.497 e. The highest BCUT2D eigenvalue weighted by atomic mass is 16.5. The standard InChI is InChI=1S/C13H14O3/c1-15-12-5-2-10(3-6-12)9-16-13-7-4-11(14)8-13/h2-7,13H,8-9H2,1H3. The third-order valence-electron chi connectivity index (χ3n) is 2.52. The Morgan fingerprint density at radius 2 is 2.06 bits per heavy atom. The van der Waals surface area contributed by atoms with E-state index < -0.39 is 0 Å². The van der Waals surface area contributed by atoms with E-state index in [1.165, 1.54) is 0 Å². The number of hydrogen-bond donors (Lipinski definition) is 0. The second kappa shape index (κ2) is 4.94. The first-order chi connectivity index (χ1) is 7.78. The Morgan fingerprint density at radius 1 is 1.31 bits per heavy atom. The highest BCUT2D eigenvalue weighted by molar-refractivity contribution is 5.92. The lowest BCUT2D eigenvalue weighted by Gasteiger charge is -2.09. The number of allylic oxidation sites excluding steroid dienone is 1. The fourth-order valence-electron chi connectivity index (χ4n) is 1.59. The molecule has 0 saturated carbocycles. The monoisotopic (exact) mass is 218 g/mol. The average Bonchev–Trinajstić information content (AvgIpc) is 2.73. The van der Waals surface area contributed by atoms with Crippen LogP contribution in [-0.2, 0) is 16.1 Å². The van der Waals surface area contributed by atoms with E-state index in [0.717, 1.165) is 11.3 Å². The Kier molecular flexibility index (Phi) is 3.37. The summed E-state index contributed by atoms with van der Waals surface area (Å²) in [6.45, 7) is 0.520. The van der Waals surface area contributed by atoms with Gasteiger partial charge in [-0.1, -0.05) is 18.2 Å². The molecule has 0 fully saturated rings. The minimum Gasteiger partial charge on any atom is -0.497 e. The van der Waals surface area contributed by atoms with Gasteiger partial charge in [0.25, 0.3) is 0 Å². The summed E-state index contributed by atoms with van der Waals surface area (Å²) in [5.74, 6) is 0.972. The maximum absolute atomic E-state index is 11.0. The van der Waals surface area contributed by atoms with Gasteiger partial charge in [-0.2, -0.15) is 0 Å². The molecule has 0 saturated heterocycles. The number of hydrogen-bond acceptors (Lipinski definition) is 3. The number of carbonyl (C=O) groups excluding carboxylic acids is 1. The van der Waals surface area contributed by atoms with Crippen molar-refractivity contribution in [3.8, 4) is 5.75 Å². The lowest BCUT2D eigenvalue weighted by atomic mass is 10.2. The van der Waals surface area contributed by atoms with Crippen LogP contribution in [0.5, 0.6) is 5.75 Å². The van der Waals surface area contributed by atoms with E-state index in [0.29, 0.717) is 13.0 Å². The van der Waals surface area contributed by atoms with Crippen molar-refractivity contribution in [3.63, 3.8) is 0 Å². The second-order valence-corrected chi connectivity index (χ2v) is 3.73. The van der Waals surface area contributed by atoms with Crippen molar-refractivity contribution >= 4 is 5.78 Å². The van der Waals surface area contributed by atoms with Gasteiger partial charge in [0.05, 0.1) is 19.8 Å². The van der Waals surface area contributed by atoms with Crippen LogP contribution >= 0.6 is 0 Å². The number of methoxy groups -OCH3 is 1. The van der Waals surface area contributed by atoms with Gasteiger partial charge in [0.15, 0.2) is 5.78 Å². The van der Waals surface area contributed by atoms with Crippen molar-refractivity contribution in [2.75, 3.05) is 7.11 Å². The molecule has 3 nitrogen and oxygen atoms in total. The molecule has 84 valence electrons. The number of carbonyl (C=O) groups is 1. The van der Waals surface area contributed by atoms with Gasteiger partial charge in [0.1, 0.15) is 5.75 Å². The fourth-order valence-corrected chi connectivity index (χ4v) is 1.59. The van der Waals surface area contributed by atoms with Crippen LogP contribution in [-0.4, -0.2) is 19.0 Å². The van der Waals surface area contributed by atoms with Crippen molar-refractivity contribution in [3.05, 3.63) is 42.0 Å². The van der Waals surface area contributed by atoms with Crippen molar-refractivity contribution in [1.29, 1.82) is 0 Å². The molecule has 1 atom stereocenters. The fraction of sp³-hybridized carbons (Fsp3) is 0.308. The van der Waals surface area contributed by atoms with Gasteiger partial charge in [-0.05, 0) is 23.8 Å². The van der Waals surface area contributed by atoms with Gasteiger partial charge in [-0.15, -0.1) is 0 Å². The van der Waals surface area contributed by atoms with Crippen LogP contribution in [0.1, 0.15) is 12.0 Å². The highest BCUT2D eigenvalue weighted by Crippen LogP contribution is 2.15. The Morgan fingerprint density at radius 3 is 2.62 bits per heavy atom. The molecule has 1 aromatic carbocycles. The minimum absolute atomic E-state index is 0.0606. The molecule has 1 aliphatic rings. The van der Waals surface area contributed by atoms with Crippen LogP contribution in [0.4, 0.5) is 0 Å². The summed E-state index contributed by atoms with van der Waals surface area (Å²) in [6, 6.07) is 7.71. The molecule has 0 spiro atoms. The van der Waals surface area contributed by atoms with Crippen LogP contribution in [0.15, 0.2) is 36.4 Å². The number of rotatable bonds is 4. The van der Waals surface area contributed by atoms with E-state index in [2.05, 4.69) is 0 Å². The Hall–Kier alpha value is -1.61. The summed E-state index contributed by atoms with van der Waals surface area (Å²) in [4.78, 5) is 11.0. The maximum Gasteiger partial charge on any atom is 0.158 e. The minimum atomic E-state index is -0.0606. The molecular formula is C13H14O3. The van der Waals surface area contributed by atoms with Crippen molar-refractivity contribution < 1.29 is 14.3 Å². The number of ketones is 1. The van der Waals surface area contributed by atoms with Gasteiger partial charge in [0, 0.05) is 6.42 Å². The first kappa shape index (κ1) is 10.9. The Balaban J connectivity index is 1.85. The molecule has 3 heteroatoms. The normalized spacial score (nSPS) is 19.1. The zero-order valence-corrected chi connectivity index (χ0v) is 9.18. The van der Waals surface area contributed by atoms with Crippen molar-refractivity contribution in [1.82, 2.24) is 0 Å². The van der Waals surface area contributed by atoms with Crippen LogP contribution in [0.2, 0.25) is 0 Å². The molecule has 1 aromatic rings. The van der Waals surface area contributed by atoms with E-state index in [9.17, 15) is 4.79 Å². The molecule has 0 heterocycles. The van der Waals surface area contributed by atoms with E-state index in [1.807, 2.05) is 30.3 Å². The highest BCUT2D eigenvalue weighted by Gasteiger charge is 2.15. The predicted octanol–water partition coefficient (Wildman–Crippen LogP) is 2.11. The van der Waals surface area contributed by atoms with Gasteiger partial charge >= 0.3 is 0 Å². The molecule has 0 N–H and O–H groups in total. The van der Waals surface area contributed by atoms with Crippen molar-refractivity contribution in [2.45, 2.75) is 19.1 Å². The average molecular weight is 218 g/mol. The lowest BCUT2D eigenvalue weighted by molar-refractivity contribution is -0.115. The van der Waals surface area contributed by atoms with Crippen LogP contribution < -0.4 is 4.74 Å². The van der Waals surface area contributed by atoms with Crippen LogP contribution in [0.3, 0.4) is 0 Å². The quantitative estimate of drug-likeness (QED) is 0.776. The number of benzene rings is 1. The molecule has 1 unspecified atom stereocenters. The topological polar surface area (TPSA) is 35.5 Å². The van der Waals surface area contributed by atoms with E-state index >= 15 is 0 Å². The van der Waals surface area contributed by atoms with Gasteiger partial charge < -0.3 is 9.47 Å². The van der Waals surface area contributed by atoms with Gasteiger partial charge in [-0.3, -0.25) is 4.79 Å². The summed E-state index contributed by atoms with van der Waals surface area (Å²) >= 11 is 0. The Labute approximate surface area is 94.7 Å². The zero-order chi connectivity index (χ0) is 11.4. The van der Waals surface area contributed by atoms with E-state index in [1.54, 1.807) is 13.2 Å². The predicted molar refractivity (Wildman–Crippen MR) is 60.3 cm³/mol. The Bertz CT molecular complexity index is 392. The summed E-state index contributed by atoms with van der Waals surface area (Å²) in [5.41, 5.74) is 1.08. The lowest BCUT2D eigenvalue weighted by Crippen LogP contribution is -2.08. The van der Waals surface area contributed by atoms with E-state index in [-0.39, 0.29) is 11.9 Å². The third-order valence-corrected chi connectivity index (χ3v) is 2.52. The molecule has 0 amide bonds.